The summed E-state index contributed by atoms with van der Waals surface area (Å²) in [5.41, 5.74) is 5.78. The van der Waals surface area contributed by atoms with Gasteiger partial charge in [-0.1, -0.05) is 47.5 Å². The van der Waals surface area contributed by atoms with Crippen LogP contribution in [-0.2, 0) is 13.2 Å². The average Bonchev–Trinajstić information content (AvgIpc) is 3.09. The van der Waals surface area contributed by atoms with Gasteiger partial charge in [-0.25, -0.2) is 4.98 Å². The normalized spacial score (nSPS) is 11.0. The first-order chi connectivity index (χ1) is 14.6. The zero-order chi connectivity index (χ0) is 20.9. The molecule has 0 atom stereocenters. The highest BCUT2D eigenvalue weighted by atomic mass is 16.5. The molecule has 0 radical (unpaired) electrons. The van der Waals surface area contributed by atoms with Crippen molar-refractivity contribution >= 4 is 11.0 Å². The molecule has 0 saturated heterocycles. The van der Waals surface area contributed by atoms with Crippen LogP contribution in [0.1, 0.15) is 28.9 Å². The minimum Gasteiger partial charge on any atom is -0.493 e. The van der Waals surface area contributed by atoms with Crippen LogP contribution in [0, 0.1) is 20.8 Å². The predicted octanol–water partition coefficient (Wildman–Crippen LogP) is 6.01. The molecule has 0 unspecified atom stereocenters. The van der Waals surface area contributed by atoms with Gasteiger partial charge in [-0.3, -0.25) is 0 Å². The minimum absolute atomic E-state index is 0.440. The summed E-state index contributed by atoms with van der Waals surface area (Å²) in [6, 6.07) is 22.6. The van der Waals surface area contributed by atoms with E-state index in [0.29, 0.717) is 13.2 Å². The van der Waals surface area contributed by atoms with Gasteiger partial charge in [0.05, 0.1) is 17.6 Å². The molecular formula is C26H28N2O2. The maximum absolute atomic E-state index is 6.02. The third-order valence-corrected chi connectivity index (χ3v) is 5.24. The number of hydrogen-bond donors (Lipinski definition) is 0. The second-order valence-corrected chi connectivity index (χ2v) is 7.74. The maximum atomic E-state index is 6.02. The molecule has 0 N–H and O–H groups in total. The summed E-state index contributed by atoms with van der Waals surface area (Å²) in [4.78, 5) is 4.80. The van der Waals surface area contributed by atoms with Gasteiger partial charge < -0.3 is 14.0 Å². The van der Waals surface area contributed by atoms with Gasteiger partial charge in [-0.2, -0.15) is 0 Å². The number of nitrogens with zero attached hydrogens (tertiary/aromatic N) is 2. The zero-order valence-corrected chi connectivity index (χ0v) is 17.9. The molecule has 0 bridgehead atoms. The van der Waals surface area contributed by atoms with Crippen LogP contribution in [-0.4, -0.2) is 16.2 Å². The van der Waals surface area contributed by atoms with Gasteiger partial charge >= 0.3 is 0 Å². The van der Waals surface area contributed by atoms with Crippen molar-refractivity contribution in [1.82, 2.24) is 9.55 Å². The lowest BCUT2D eigenvalue weighted by Crippen LogP contribution is -2.10. The molecule has 154 valence electrons. The van der Waals surface area contributed by atoms with Crippen molar-refractivity contribution in [1.29, 1.82) is 0 Å². The van der Waals surface area contributed by atoms with Crippen molar-refractivity contribution in [3.63, 3.8) is 0 Å². The standard InChI is InChI=1S/C26H28N2O2/c1-19-9-12-22(13-10-19)30-18-26-27-23-7-4-5-8-24(23)28(26)15-6-16-29-25-14-11-20(2)17-21(25)3/h4-5,7-14,17H,6,15-16,18H2,1-3H3. The molecule has 0 aliphatic carbocycles. The molecule has 1 aromatic heterocycles. The number of benzene rings is 3. The first kappa shape index (κ1) is 20.0. The predicted molar refractivity (Wildman–Crippen MR) is 121 cm³/mol. The number of fused-ring (bicyclic) bond motifs is 1. The summed E-state index contributed by atoms with van der Waals surface area (Å²) >= 11 is 0. The molecule has 4 rings (SSSR count). The van der Waals surface area contributed by atoms with Crippen LogP contribution >= 0.6 is 0 Å². The maximum Gasteiger partial charge on any atom is 0.147 e. The quantitative estimate of drug-likeness (QED) is 0.340. The first-order valence-electron chi connectivity index (χ1n) is 10.4. The Morgan fingerprint density at radius 3 is 2.40 bits per heavy atom. The van der Waals surface area contributed by atoms with Crippen molar-refractivity contribution in [3.05, 3.63) is 89.2 Å². The molecule has 30 heavy (non-hydrogen) atoms. The first-order valence-corrected chi connectivity index (χ1v) is 10.4. The monoisotopic (exact) mass is 400 g/mol. The number of aromatic nitrogens is 2. The molecule has 4 aromatic rings. The third kappa shape index (κ3) is 4.65. The van der Waals surface area contributed by atoms with Gasteiger partial charge in [0, 0.05) is 6.54 Å². The van der Waals surface area contributed by atoms with Gasteiger partial charge in [0.2, 0.25) is 0 Å². The second-order valence-electron chi connectivity index (χ2n) is 7.74. The highest BCUT2D eigenvalue weighted by molar-refractivity contribution is 5.75. The van der Waals surface area contributed by atoms with E-state index in [1.54, 1.807) is 0 Å². The molecule has 1 heterocycles. The van der Waals surface area contributed by atoms with E-state index in [1.165, 1.54) is 16.7 Å². The van der Waals surface area contributed by atoms with Crippen LogP contribution in [0.2, 0.25) is 0 Å². The Kier molecular flexibility index (Phi) is 6.03. The molecule has 0 fully saturated rings. The SMILES string of the molecule is Cc1ccc(OCc2nc3ccccc3n2CCCOc2ccc(C)cc2C)cc1. The molecule has 4 heteroatoms. The highest BCUT2D eigenvalue weighted by Gasteiger charge is 2.11. The average molecular weight is 401 g/mol. The molecular weight excluding hydrogens is 372 g/mol. The number of hydrogen-bond acceptors (Lipinski definition) is 3. The topological polar surface area (TPSA) is 36.3 Å². The Morgan fingerprint density at radius 1 is 0.833 bits per heavy atom. The van der Waals surface area contributed by atoms with Gasteiger partial charge in [0.15, 0.2) is 0 Å². The Bertz CT molecular complexity index is 1130. The van der Waals surface area contributed by atoms with Crippen LogP contribution in [0.4, 0.5) is 0 Å². The minimum atomic E-state index is 0.440. The smallest absolute Gasteiger partial charge is 0.147 e. The summed E-state index contributed by atoms with van der Waals surface area (Å²) in [6.45, 7) is 8.19. The van der Waals surface area contributed by atoms with Crippen molar-refractivity contribution in [2.75, 3.05) is 6.61 Å². The summed E-state index contributed by atoms with van der Waals surface area (Å²) in [5, 5.41) is 0. The van der Waals surface area contributed by atoms with Crippen LogP contribution in [0.5, 0.6) is 11.5 Å². The molecule has 0 aliphatic heterocycles. The lowest BCUT2D eigenvalue weighted by atomic mass is 10.1. The number of rotatable bonds is 8. The summed E-state index contributed by atoms with van der Waals surface area (Å²) in [7, 11) is 0. The largest absolute Gasteiger partial charge is 0.493 e. The van der Waals surface area contributed by atoms with Crippen molar-refractivity contribution in [3.8, 4) is 11.5 Å². The van der Waals surface area contributed by atoms with Gasteiger partial charge in [-0.15, -0.1) is 0 Å². The molecule has 0 aliphatic rings. The number of imidazole rings is 1. The van der Waals surface area contributed by atoms with Crippen LogP contribution < -0.4 is 9.47 Å². The van der Waals surface area contributed by atoms with E-state index >= 15 is 0 Å². The lowest BCUT2D eigenvalue weighted by molar-refractivity contribution is 0.280. The van der Waals surface area contributed by atoms with E-state index < -0.39 is 0 Å². The second kappa shape index (κ2) is 9.04. The fourth-order valence-electron chi connectivity index (χ4n) is 3.63. The van der Waals surface area contributed by atoms with Gasteiger partial charge in [0.1, 0.15) is 23.9 Å². The van der Waals surface area contributed by atoms with E-state index in [2.05, 4.69) is 67.8 Å². The van der Waals surface area contributed by atoms with Gasteiger partial charge in [0.25, 0.3) is 0 Å². The van der Waals surface area contributed by atoms with E-state index in [1.807, 2.05) is 24.3 Å². The Labute approximate surface area is 178 Å². The summed E-state index contributed by atoms with van der Waals surface area (Å²) in [6.07, 6.45) is 0.894. The summed E-state index contributed by atoms with van der Waals surface area (Å²) < 4.78 is 14.3. The highest BCUT2D eigenvalue weighted by Crippen LogP contribution is 2.21. The number of para-hydroxylation sites is 2. The van der Waals surface area contributed by atoms with Crippen molar-refractivity contribution in [2.45, 2.75) is 40.3 Å². The van der Waals surface area contributed by atoms with Gasteiger partial charge in [-0.05, 0) is 63.1 Å². The molecule has 3 aromatic carbocycles. The zero-order valence-electron chi connectivity index (χ0n) is 17.9. The Morgan fingerprint density at radius 2 is 1.60 bits per heavy atom. The third-order valence-electron chi connectivity index (χ3n) is 5.24. The Hall–Kier alpha value is -3.27. The van der Waals surface area contributed by atoms with E-state index in [0.717, 1.165) is 41.3 Å². The van der Waals surface area contributed by atoms with Crippen LogP contribution in [0.3, 0.4) is 0 Å². The molecule has 0 saturated carbocycles. The molecule has 0 amide bonds. The van der Waals surface area contributed by atoms with Crippen molar-refractivity contribution in [2.24, 2.45) is 0 Å². The number of aryl methyl sites for hydroxylation is 4. The fraction of sp³-hybridized carbons (Fsp3) is 0.269. The van der Waals surface area contributed by atoms with E-state index in [4.69, 9.17) is 14.5 Å². The number of ether oxygens (including phenoxy) is 2. The summed E-state index contributed by atoms with van der Waals surface area (Å²) in [5.74, 6) is 2.75. The Balaban J connectivity index is 1.44. The molecule has 4 nitrogen and oxygen atoms in total. The lowest BCUT2D eigenvalue weighted by Gasteiger charge is -2.12. The van der Waals surface area contributed by atoms with Crippen LogP contribution in [0.15, 0.2) is 66.7 Å². The van der Waals surface area contributed by atoms with E-state index in [9.17, 15) is 0 Å². The fourth-order valence-corrected chi connectivity index (χ4v) is 3.63. The molecule has 0 spiro atoms. The van der Waals surface area contributed by atoms with Crippen LogP contribution in [0.25, 0.3) is 11.0 Å². The van der Waals surface area contributed by atoms with Crippen molar-refractivity contribution < 1.29 is 9.47 Å². The van der Waals surface area contributed by atoms with E-state index in [-0.39, 0.29) is 0 Å².